The number of ether oxygens (including phenoxy) is 1. The van der Waals surface area contributed by atoms with Crippen molar-refractivity contribution in [3.8, 4) is 5.75 Å². The zero-order valence-electron chi connectivity index (χ0n) is 8.96. The fourth-order valence-electron chi connectivity index (χ4n) is 1.31. The first-order valence-electron chi connectivity index (χ1n) is 4.84. The molecule has 4 N–H and O–H groups in total. The molecule has 0 bridgehead atoms. The van der Waals surface area contributed by atoms with Crippen molar-refractivity contribution in [1.29, 1.82) is 0 Å². The Kier molecular flexibility index (Phi) is 4.28. The molecule has 1 rings (SSSR count). The molecule has 2 unspecified atom stereocenters. The van der Waals surface area contributed by atoms with Crippen molar-refractivity contribution in [1.82, 2.24) is 0 Å². The Labute approximate surface area is 93.5 Å². The lowest BCUT2D eigenvalue weighted by molar-refractivity contribution is -0.151. The first-order valence-corrected chi connectivity index (χ1v) is 4.84. The molecular formula is C11H15NO4. The lowest BCUT2D eigenvalue weighted by Crippen LogP contribution is -2.42. The topological polar surface area (TPSA) is 92.8 Å². The zero-order valence-corrected chi connectivity index (χ0v) is 8.96. The van der Waals surface area contributed by atoms with Gasteiger partial charge in [-0.05, 0) is 24.1 Å². The normalized spacial score (nSPS) is 14.2. The monoisotopic (exact) mass is 225 g/mol. The van der Waals surface area contributed by atoms with Gasteiger partial charge in [-0.15, -0.1) is 0 Å². The molecule has 5 nitrogen and oxygen atoms in total. The van der Waals surface area contributed by atoms with Crippen LogP contribution in [0.1, 0.15) is 5.56 Å². The summed E-state index contributed by atoms with van der Waals surface area (Å²) in [6.07, 6.45) is -1.00. The first-order chi connectivity index (χ1) is 7.54. The van der Waals surface area contributed by atoms with E-state index in [9.17, 15) is 9.90 Å². The number of hydrogen-bond donors (Lipinski definition) is 3. The molecule has 1 aromatic rings. The summed E-state index contributed by atoms with van der Waals surface area (Å²) in [6.45, 7) is 0. The van der Waals surface area contributed by atoms with Gasteiger partial charge in [-0.2, -0.15) is 0 Å². The maximum Gasteiger partial charge on any atom is 0.336 e. The van der Waals surface area contributed by atoms with Crippen LogP contribution in [0.5, 0.6) is 5.75 Å². The van der Waals surface area contributed by atoms with E-state index in [-0.39, 0.29) is 5.75 Å². The summed E-state index contributed by atoms with van der Waals surface area (Å²) < 4.78 is 4.38. The largest absolute Gasteiger partial charge is 0.508 e. The van der Waals surface area contributed by atoms with E-state index < -0.39 is 18.1 Å². The van der Waals surface area contributed by atoms with E-state index in [1.54, 1.807) is 12.1 Å². The highest BCUT2D eigenvalue weighted by Crippen LogP contribution is 2.11. The highest BCUT2D eigenvalue weighted by Gasteiger charge is 2.23. The van der Waals surface area contributed by atoms with E-state index >= 15 is 0 Å². The zero-order chi connectivity index (χ0) is 12.1. The van der Waals surface area contributed by atoms with Crippen molar-refractivity contribution in [3.05, 3.63) is 29.8 Å². The maximum atomic E-state index is 11.0. The number of aliphatic hydroxyl groups excluding tert-OH is 1. The smallest absolute Gasteiger partial charge is 0.336 e. The van der Waals surface area contributed by atoms with Gasteiger partial charge < -0.3 is 20.7 Å². The summed E-state index contributed by atoms with van der Waals surface area (Å²) in [5.74, 6) is -0.586. The van der Waals surface area contributed by atoms with Crippen LogP contribution in [0.2, 0.25) is 0 Å². The number of methoxy groups -OCH3 is 1. The number of carbonyl (C=O) groups excluding carboxylic acids is 1. The summed E-state index contributed by atoms with van der Waals surface area (Å²) >= 11 is 0. The fraction of sp³-hybridized carbons (Fsp3) is 0.364. The van der Waals surface area contributed by atoms with Crippen LogP contribution in [0, 0.1) is 0 Å². The van der Waals surface area contributed by atoms with Crippen molar-refractivity contribution in [2.45, 2.75) is 18.6 Å². The summed E-state index contributed by atoms with van der Waals surface area (Å²) in [5.41, 5.74) is 6.48. The van der Waals surface area contributed by atoms with E-state index in [1.165, 1.54) is 19.2 Å². The Bertz CT molecular complexity index is 350. The van der Waals surface area contributed by atoms with Crippen molar-refractivity contribution in [2.24, 2.45) is 5.73 Å². The fourth-order valence-corrected chi connectivity index (χ4v) is 1.31. The van der Waals surface area contributed by atoms with Crippen LogP contribution in [0.15, 0.2) is 24.3 Å². The molecule has 2 atom stereocenters. The number of hydrogen-bond acceptors (Lipinski definition) is 5. The third-order valence-corrected chi connectivity index (χ3v) is 2.26. The summed E-state index contributed by atoms with van der Waals surface area (Å²) in [6, 6.07) is 5.68. The van der Waals surface area contributed by atoms with Gasteiger partial charge in [0.25, 0.3) is 0 Å². The lowest BCUT2D eigenvalue weighted by atomic mass is 10.0. The Morgan fingerprint density at radius 3 is 2.50 bits per heavy atom. The molecular weight excluding hydrogens is 210 g/mol. The number of phenolic OH excluding ortho intramolecular Hbond substituents is 1. The third kappa shape index (κ3) is 3.22. The van der Waals surface area contributed by atoms with Gasteiger partial charge in [0, 0.05) is 6.04 Å². The molecule has 0 radical (unpaired) electrons. The number of nitrogens with two attached hydrogens (primary N) is 1. The molecule has 0 aliphatic carbocycles. The van der Waals surface area contributed by atoms with Crippen LogP contribution in [0.4, 0.5) is 0 Å². The minimum atomic E-state index is -1.33. The van der Waals surface area contributed by atoms with Gasteiger partial charge in [0.05, 0.1) is 7.11 Å². The second-order valence-corrected chi connectivity index (χ2v) is 3.50. The van der Waals surface area contributed by atoms with Crippen molar-refractivity contribution >= 4 is 5.97 Å². The first kappa shape index (κ1) is 12.5. The molecule has 0 spiro atoms. The van der Waals surface area contributed by atoms with Gasteiger partial charge in [-0.25, -0.2) is 4.79 Å². The van der Waals surface area contributed by atoms with Gasteiger partial charge in [-0.1, -0.05) is 12.1 Å². The molecule has 0 saturated heterocycles. The highest BCUT2D eigenvalue weighted by molar-refractivity contribution is 5.75. The van der Waals surface area contributed by atoms with Crippen molar-refractivity contribution in [3.63, 3.8) is 0 Å². The van der Waals surface area contributed by atoms with E-state index in [0.717, 1.165) is 5.56 Å². The number of rotatable bonds is 4. The van der Waals surface area contributed by atoms with Crippen LogP contribution < -0.4 is 5.73 Å². The SMILES string of the molecule is COC(=O)C(O)C(N)Cc1ccc(O)cc1. The standard InChI is InChI=1S/C11H15NO4/c1-16-11(15)10(14)9(12)6-7-2-4-8(13)5-3-7/h2-5,9-10,13-14H,6,12H2,1H3. The molecule has 16 heavy (non-hydrogen) atoms. The Morgan fingerprint density at radius 1 is 1.44 bits per heavy atom. The second kappa shape index (κ2) is 5.48. The molecule has 0 heterocycles. The molecule has 0 fully saturated rings. The molecule has 0 aromatic heterocycles. The molecule has 0 aliphatic rings. The molecule has 5 heteroatoms. The van der Waals surface area contributed by atoms with Gasteiger partial charge in [0.15, 0.2) is 6.10 Å². The second-order valence-electron chi connectivity index (χ2n) is 3.50. The number of esters is 1. The summed E-state index contributed by atoms with van der Waals surface area (Å²) in [7, 11) is 1.19. The van der Waals surface area contributed by atoms with Gasteiger partial charge in [0.1, 0.15) is 5.75 Å². The third-order valence-electron chi connectivity index (χ3n) is 2.26. The van der Waals surface area contributed by atoms with Gasteiger partial charge in [0.2, 0.25) is 0 Å². The summed E-state index contributed by atoms with van der Waals surface area (Å²) in [5, 5.41) is 18.5. The van der Waals surface area contributed by atoms with Gasteiger partial charge >= 0.3 is 5.97 Å². The number of aliphatic hydroxyl groups is 1. The van der Waals surface area contributed by atoms with Crippen molar-refractivity contribution < 1.29 is 19.7 Å². The summed E-state index contributed by atoms with van der Waals surface area (Å²) in [4.78, 5) is 11.0. The highest BCUT2D eigenvalue weighted by atomic mass is 16.5. The van der Waals surface area contributed by atoms with Crippen LogP contribution in [0.25, 0.3) is 0 Å². The van der Waals surface area contributed by atoms with Gasteiger partial charge in [-0.3, -0.25) is 0 Å². The average molecular weight is 225 g/mol. The van der Waals surface area contributed by atoms with Crippen LogP contribution in [-0.2, 0) is 16.0 Å². The number of phenols is 1. The molecule has 0 aliphatic heterocycles. The Hall–Kier alpha value is -1.59. The number of carbonyl (C=O) groups is 1. The number of benzene rings is 1. The van der Waals surface area contributed by atoms with E-state index in [0.29, 0.717) is 6.42 Å². The van der Waals surface area contributed by atoms with E-state index in [1.807, 2.05) is 0 Å². The van der Waals surface area contributed by atoms with E-state index in [4.69, 9.17) is 10.8 Å². The molecule has 0 amide bonds. The van der Waals surface area contributed by atoms with E-state index in [2.05, 4.69) is 4.74 Å². The predicted molar refractivity (Wildman–Crippen MR) is 57.8 cm³/mol. The Morgan fingerprint density at radius 2 is 2.00 bits per heavy atom. The molecule has 1 aromatic carbocycles. The van der Waals surface area contributed by atoms with Crippen LogP contribution in [0.3, 0.4) is 0 Å². The maximum absolute atomic E-state index is 11.0. The van der Waals surface area contributed by atoms with Crippen LogP contribution >= 0.6 is 0 Å². The minimum absolute atomic E-state index is 0.158. The average Bonchev–Trinajstić information content (AvgIpc) is 2.30. The molecule has 0 saturated carbocycles. The predicted octanol–water partition coefficient (Wildman–Crippen LogP) is -0.204. The molecule has 88 valence electrons. The minimum Gasteiger partial charge on any atom is -0.508 e. The quantitative estimate of drug-likeness (QED) is 0.617. The van der Waals surface area contributed by atoms with Crippen LogP contribution in [-0.4, -0.2) is 35.4 Å². The Balaban J connectivity index is 2.60. The lowest BCUT2D eigenvalue weighted by Gasteiger charge is -2.16. The number of aromatic hydroxyl groups is 1. The van der Waals surface area contributed by atoms with Crippen molar-refractivity contribution in [2.75, 3.05) is 7.11 Å².